The van der Waals surface area contributed by atoms with E-state index in [0.29, 0.717) is 16.6 Å². The van der Waals surface area contributed by atoms with Crippen molar-refractivity contribution in [2.24, 2.45) is 0 Å². The number of amides is 1. The number of pyridine rings is 1. The van der Waals surface area contributed by atoms with Crippen LogP contribution < -0.4 is 5.32 Å². The number of anilines is 1. The van der Waals surface area contributed by atoms with Crippen LogP contribution >= 0.6 is 0 Å². The number of nitrogens with one attached hydrogen (secondary N) is 1. The number of non-ortho nitro benzene ring substituents is 1. The number of nitriles is 1. The molecule has 3 rings (SSSR count). The number of rotatable bonds is 5. The van der Waals surface area contributed by atoms with Crippen molar-refractivity contribution in [1.82, 2.24) is 4.98 Å². The highest BCUT2D eigenvalue weighted by atomic mass is 16.6. The quantitative estimate of drug-likeness (QED) is 0.401. The van der Waals surface area contributed by atoms with Gasteiger partial charge in [0, 0.05) is 23.2 Å². The van der Waals surface area contributed by atoms with Crippen molar-refractivity contribution in [3.63, 3.8) is 0 Å². The maximum Gasteiger partial charge on any atom is 0.339 e. The third kappa shape index (κ3) is 4.33. The average Bonchev–Trinajstić information content (AvgIpc) is 2.71. The van der Waals surface area contributed by atoms with Crippen LogP contribution in [-0.2, 0) is 9.53 Å². The number of para-hydroxylation sites is 1. The molecule has 0 aliphatic heterocycles. The van der Waals surface area contributed by atoms with Gasteiger partial charge in [-0.25, -0.2) is 4.79 Å². The molecule has 0 saturated heterocycles. The average molecular weight is 390 g/mol. The van der Waals surface area contributed by atoms with Gasteiger partial charge in [0.2, 0.25) is 0 Å². The van der Waals surface area contributed by atoms with Crippen molar-refractivity contribution < 1.29 is 19.2 Å². The van der Waals surface area contributed by atoms with Crippen LogP contribution in [0.2, 0.25) is 0 Å². The van der Waals surface area contributed by atoms with Crippen LogP contribution in [0.4, 0.5) is 11.4 Å². The van der Waals surface area contributed by atoms with E-state index in [4.69, 9.17) is 10.00 Å². The summed E-state index contributed by atoms with van der Waals surface area (Å²) in [5.74, 6) is -1.37. The first-order chi connectivity index (χ1) is 13.9. The molecule has 0 aliphatic carbocycles. The van der Waals surface area contributed by atoms with Gasteiger partial charge in [-0.15, -0.1) is 0 Å². The lowest BCUT2D eigenvalue weighted by Crippen LogP contribution is -2.21. The van der Waals surface area contributed by atoms with Crippen molar-refractivity contribution in [2.45, 2.75) is 6.92 Å². The van der Waals surface area contributed by atoms with Crippen LogP contribution in [0.5, 0.6) is 0 Å². The Labute approximate surface area is 164 Å². The number of esters is 1. The first-order valence-electron chi connectivity index (χ1n) is 8.41. The van der Waals surface area contributed by atoms with Crippen LogP contribution in [-0.4, -0.2) is 28.4 Å². The van der Waals surface area contributed by atoms with E-state index < -0.39 is 23.4 Å². The Morgan fingerprint density at radius 2 is 2.00 bits per heavy atom. The predicted molar refractivity (Wildman–Crippen MR) is 103 cm³/mol. The summed E-state index contributed by atoms with van der Waals surface area (Å²) in [4.78, 5) is 39.1. The van der Waals surface area contributed by atoms with Gasteiger partial charge in [0.05, 0.1) is 27.3 Å². The fraction of sp³-hybridized carbons (Fsp3) is 0.100. The molecule has 9 nitrogen and oxygen atoms in total. The minimum absolute atomic E-state index is 0.0744. The lowest BCUT2D eigenvalue weighted by Gasteiger charge is -2.10. The molecule has 0 saturated carbocycles. The molecular weight excluding hydrogens is 376 g/mol. The minimum Gasteiger partial charge on any atom is -0.452 e. The summed E-state index contributed by atoms with van der Waals surface area (Å²) >= 11 is 0. The highest BCUT2D eigenvalue weighted by Crippen LogP contribution is 2.22. The third-order valence-electron chi connectivity index (χ3n) is 4.01. The molecule has 3 aromatic rings. The normalized spacial score (nSPS) is 10.2. The lowest BCUT2D eigenvalue weighted by atomic mass is 10.1. The third-order valence-corrected chi connectivity index (χ3v) is 4.01. The Balaban J connectivity index is 1.71. The lowest BCUT2D eigenvalue weighted by molar-refractivity contribution is -0.384. The second kappa shape index (κ2) is 8.14. The van der Waals surface area contributed by atoms with Crippen LogP contribution in [0.3, 0.4) is 0 Å². The maximum absolute atomic E-state index is 12.5. The van der Waals surface area contributed by atoms with E-state index in [1.165, 1.54) is 6.07 Å². The van der Waals surface area contributed by atoms with Crippen LogP contribution in [0, 0.1) is 28.4 Å². The van der Waals surface area contributed by atoms with E-state index in [-0.39, 0.29) is 22.5 Å². The van der Waals surface area contributed by atoms with Gasteiger partial charge in [0.25, 0.3) is 11.6 Å². The van der Waals surface area contributed by atoms with Gasteiger partial charge in [0.15, 0.2) is 6.61 Å². The Morgan fingerprint density at radius 3 is 2.72 bits per heavy atom. The molecule has 1 N–H and O–H groups in total. The van der Waals surface area contributed by atoms with Gasteiger partial charge in [-0.3, -0.25) is 19.9 Å². The monoisotopic (exact) mass is 390 g/mol. The topological polar surface area (TPSA) is 135 Å². The van der Waals surface area contributed by atoms with E-state index in [0.717, 1.165) is 12.1 Å². The number of nitrogens with zero attached hydrogens (tertiary/aromatic N) is 3. The van der Waals surface area contributed by atoms with Crippen molar-refractivity contribution in [3.05, 3.63) is 75.5 Å². The number of benzene rings is 2. The van der Waals surface area contributed by atoms with Gasteiger partial charge in [-0.05, 0) is 25.1 Å². The van der Waals surface area contributed by atoms with Gasteiger partial charge >= 0.3 is 5.97 Å². The number of hydrogen-bond donors (Lipinski definition) is 1. The Bertz CT molecular complexity index is 1180. The molecular formula is C20H14N4O5. The summed E-state index contributed by atoms with van der Waals surface area (Å²) in [5.41, 5.74) is 1.29. The number of nitro benzene ring substituents is 1. The molecule has 0 spiro atoms. The SMILES string of the molecule is Cc1cc(C(=O)OCC(=O)Nc2ccc([N+](=O)[O-])cc2C#N)c2ccccc2n1. The summed E-state index contributed by atoms with van der Waals surface area (Å²) in [7, 11) is 0. The number of hydrogen-bond acceptors (Lipinski definition) is 7. The number of nitro groups is 1. The maximum atomic E-state index is 12.5. The summed E-state index contributed by atoms with van der Waals surface area (Å²) in [6.45, 7) is 1.16. The smallest absolute Gasteiger partial charge is 0.339 e. The molecule has 0 radical (unpaired) electrons. The number of aryl methyl sites for hydroxylation is 1. The van der Waals surface area contributed by atoms with E-state index in [2.05, 4.69) is 10.3 Å². The summed E-state index contributed by atoms with van der Waals surface area (Å²) in [5, 5.41) is 22.9. The number of fused-ring (bicyclic) bond motifs is 1. The standard InChI is InChI=1S/C20H14N4O5/c1-12-8-16(15-4-2-3-5-18(15)22-12)20(26)29-11-19(25)23-17-7-6-14(24(27)28)9-13(17)10-21/h2-9H,11H2,1H3,(H,23,25). The Kier molecular flexibility index (Phi) is 5.46. The zero-order valence-electron chi connectivity index (χ0n) is 15.2. The van der Waals surface area contributed by atoms with Crippen molar-refractivity contribution >= 4 is 34.2 Å². The highest BCUT2D eigenvalue weighted by molar-refractivity contribution is 6.04. The van der Waals surface area contributed by atoms with Crippen LogP contribution in [0.1, 0.15) is 21.6 Å². The molecule has 0 bridgehead atoms. The fourth-order valence-electron chi connectivity index (χ4n) is 2.72. The van der Waals surface area contributed by atoms with Crippen molar-refractivity contribution in [2.75, 3.05) is 11.9 Å². The first kappa shape index (κ1) is 19.4. The van der Waals surface area contributed by atoms with Crippen molar-refractivity contribution in [3.8, 4) is 6.07 Å². The van der Waals surface area contributed by atoms with E-state index in [1.807, 2.05) is 0 Å². The molecule has 0 fully saturated rings. The summed E-state index contributed by atoms with van der Waals surface area (Å²) in [6.07, 6.45) is 0. The van der Waals surface area contributed by atoms with Gasteiger partial charge in [-0.2, -0.15) is 5.26 Å². The second-order valence-corrected chi connectivity index (χ2v) is 6.05. The fourth-order valence-corrected chi connectivity index (χ4v) is 2.72. The Hall–Kier alpha value is -4.32. The zero-order chi connectivity index (χ0) is 21.0. The zero-order valence-corrected chi connectivity index (χ0v) is 15.2. The molecule has 9 heteroatoms. The van der Waals surface area contributed by atoms with Gasteiger partial charge in [0.1, 0.15) is 6.07 Å². The second-order valence-electron chi connectivity index (χ2n) is 6.05. The molecule has 1 aromatic heterocycles. The van der Waals surface area contributed by atoms with Gasteiger partial charge < -0.3 is 10.1 Å². The molecule has 1 amide bonds. The molecule has 0 aliphatic rings. The van der Waals surface area contributed by atoms with E-state index in [9.17, 15) is 19.7 Å². The first-order valence-corrected chi connectivity index (χ1v) is 8.41. The molecule has 0 unspecified atom stereocenters. The molecule has 144 valence electrons. The predicted octanol–water partition coefficient (Wildman–Crippen LogP) is 3.12. The largest absolute Gasteiger partial charge is 0.452 e. The molecule has 2 aromatic carbocycles. The number of aromatic nitrogens is 1. The highest BCUT2D eigenvalue weighted by Gasteiger charge is 2.16. The van der Waals surface area contributed by atoms with Crippen LogP contribution in [0.15, 0.2) is 48.5 Å². The Morgan fingerprint density at radius 1 is 1.24 bits per heavy atom. The number of carbonyl (C=O) groups excluding carboxylic acids is 2. The minimum atomic E-state index is -0.689. The molecule has 0 atom stereocenters. The summed E-state index contributed by atoms with van der Waals surface area (Å²) < 4.78 is 5.09. The van der Waals surface area contributed by atoms with Gasteiger partial charge in [-0.1, -0.05) is 18.2 Å². The van der Waals surface area contributed by atoms with E-state index in [1.54, 1.807) is 43.3 Å². The number of ether oxygens (including phenoxy) is 1. The molecule has 29 heavy (non-hydrogen) atoms. The van der Waals surface area contributed by atoms with E-state index >= 15 is 0 Å². The van der Waals surface area contributed by atoms with Crippen LogP contribution in [0.25, 0.3) is 10.9 Å². The number of carbonyl (C=O) groups is 2. The summed E-state index contributed by atoms with van der Waals surface area (Å²) in [6, 6.07) is 13.9. The molecule has 1 heterocycles. The van der Waals surface area contributed by atoms with Crippen molar-refractivity contribution in [1.29, 1.82) is 5.26 Å².